The van der Waals surface area contributed by atoms with Crippen LogP contribution in [0.1, 0.15) is 17.0 Å². The number of nitrogens with zero attached hydrogens (tertiary/aromatic N) is 4. The van der Waals surface area contributed by atoms with Gasteiger partial charge in [-0.1, -0.05) is 66.4 Å². The number of benzene rings is 3. The number of thioether (sulfide) groups is 1. The predicted molar refractivity (Wildman–Crippen MR) is 133 cm³/mol. The maximum atomic E-state index is 13.0. The van der Waals surface area contributed by atoms with Crippen molar-refractivity contribution in [3.05, 3.63) is 83.7 Å². The highest BCUT2D eigenvalue weighted by molar-refractivity contribution is 7.98. The minimum atomic E-state index is -3.54. The van der Waals surface area contributed by atoms with Gasteiger partial charge in [0.05, 0.1) is 18.1 Å². The number of ether oxygens (including phenoxy) is 1. The standard InChI is InChI=1S/C24H25N5O3S2/c25-29-23(16-20-8-4-7-19-6-1-2-10-22(19)20)26-27-24(29)33-17-18-5-3-9-21(15-18)34(30,31)28-11-13-32-14-12-28/h1-10,15H,11-14,16-17,25H2. The van der Waals surface area contributed by atoms with Gasteiger partial charge in [0.15, 0.2) is 5.82 Å². The summed E-state index contributed by atoms with van der Waals surface area (Å²) in [6.07, 6.45) is 0.568. The average Bonchev–Trinajstić information content (AvgIpc) is 3.22. The first-order chi connectivity index (χ1) is 16.5. The number of sulfonamides is 1. The van der Waals surface area contributed by atoms with Crippen LogP contribution in [0.3, 0.4) is 0 Å². The Bertz CT molecular complexity index is 1410. The zero-order valence-electron chi connectivity index (χ0n) is 18.5. The van der Waals surface area contributed by atoms with Gasteiger partial charge in [-0.3, -0.25) is 0 Å². The number of rotatable bonds is 7. The van der Waals surface area contributed by atoms with Crippen molar-refractivity contribution in [3.8, 4) is 0 Å². The van der Waals surface area contributed by atoms with Gasteiger partial charge in [-0.25, -0.2) is 13.1 Å². The Kier molecular flexibility index (Phi) is 6.55. The minimum absolute atomic E-state index is 0.290. The fraction of sp³-hybridized carbons (Fsp3) is 0.250. The normalized spacial score (nSPS) is 15.1. The smallest absolute Gasteiger partial charge is 0.243 e. The largest absolute Gasteiger partial charge is 0.379 e. The number of nitrogen functional groups attached to an aromatic ring is 1. The molecule has 1 aliphatic heterocycles. The van der Waals surface area contributed by atoms with Gasteiger partial charge in [-0.2, -0.15) is 4.31 Å². The Morgan fingerprint density at radius 1 is 0.971 bits per heavy atom. The number of fused-ring (bicyclic) bond motifs is 1. The molecule has 8 nitrogen and oxygen atoms in total. The van der Waals surface area contributed by atoms with Crippen molar-refractivity contribution < 1.29 is 13.2 Å². The average molecular weight is 496 g/mol. The van der Waals surface area contributed by atoms with Crippen molar-refractivity contribution in [1.29, 1.82) is 0 Å². The molecule has 5 rings (SSSR count). The van der Waals surface area contributed by atoms with E-state index in [-0.39, 0.29) is 0 Å². The van der Waals surface area contributed by atoms with Crippen LogP contribution in [0.2, 0.25) is 0 Å². The Labute approximate surface area is 202 Å². The lowest BCUT2D eigenvalue weighted by Gasteiger charge is -2.26. The van der Waals surface area contributed by atoms with Gasteiger partial charge in [0.25, 0.3) is 0 Å². The maximum absolute atomic E-state index is 13.0. The van der Waals surface area contributed by atoms with Crippen LogP contribution in [-0.4, -0.2) is 53.9 Å². The first kappa shape index (κ1) is 22.9. The summed E-state index contributed by atoms with van der Waals surface area (Å²) in [6.45, 7) is 1.58. The molecule has 0 spiro atoms. The molecule has 0 atom stereocenters. The second-order valence-corrected chi connectivity index (χ2v) is 10.9. The lowest BCUT2D eigenvalue weighted by Crippen LogP contribution is -2.40. The second-order valence-electron chi connectivity index (χ2n) is 8.04. The molecule has 10 heteroatoms. The highest BCUT2D eigenvalue weighted by Gasteiger charge is 2.26. The van der Waals surface area contributed by atoms with E-state index in [9.17, 15) is 8.42 Å². The molecule has 1 fully saturated rings. The Balaban J connectivity index is 1.30. The van der Waals surface area contributed by atoms with E-state index in [1.807, 2.05) is 24.3 Å². The van der Waals surface area contributed by atoms with Crippen LogP contribution >= 0.6 is 11.8 Å². The monoisotopic (exact) mass is 495 g/mol. The molecule has 3 aromatic carbocycles. The van der Waals surface area contributed by atoms with Gasteiger partial charge in [-0.15, -0.1) is 10.2 Å². The number of nitrogens with two attached hydrogens (primary N) is 1. The summed E-state index contributed by atoms with van der Waals surface area (Å²) in [6, 6.07) is 21.4. The number of aromatic nitrogens is 3. The molecule has 1 aromatic heterocycles. The topological polar surface area (TPSA) is 103 Å². The van der Waals surface area contributed by atoms with Gasteiger partial charge in [0, 0.05) is 25.3 Å². The van der Waals surface area contributed by atoms with E-state index in [1.54, 1.807) is 18.2 Å². The third-order valence-electron chi connectivity index (χ3n) is 5.84. The van der Waals surface area contributed by atoms with Gasteiger partial charge < -0.3 is 10.6 Å². The lowest BCUT2D eigenvalue weighted by atomic mass is 10.0. The summed E-state index contributed by atoms with van der Waals surface area (Å²) in [5.74, 6) is 7.51. The lowest BCUT2D eigenvalue weighted by molar-refractivity contribution is 0.0730. The van der Waals surface area contributed by atoms with E-state index in [1.165, 1.54) is 31.5 Å². The van der Waals surface area contributed by atoms with Crippen molar-refractivity contribution in [2.24, 2.45) is 0 Å². The first-order valence-electron chi connectivity index (χ1n) is 11.0. The molecule has 0 radical (unpaired) electrons. The maximum Gasteiger partial charge on any atom is 0.243 e. The highest BCUT2D eigenvalue weighted by Crippen LogP contribution is 2.25. The molecular weight excluding hydrogens is 470 g/mol. The Morgan fingerprint density at radius 2 is 1.74 bits per heavy atom. The summed E-state index contributed by atoms with van der Waals surface area (Å²) in [7, 11) is -3.54. The van der Waals surface area contributed by atoms with Crippen molar-refractivity contribution in [2.45, 2.75) is 22.2 Å². The Hall–Kier alpha value is -2.92. The fourth-order valence-electron chi connectivity index (χ4n) is 4.02. The molecule has 0 bridgehead atoms. The molecule has 0 saturated carbocycles. The molecule has 34 heavy (non-hydrogen) atoms. The van der Waals surface area contributed by atoms with Crippen molar-refractivity contribution in [2.75, 3.05) is 32.1 Å². The first-order valence-corrected chi connectivity index (χ1v) is 13.4. The highest BCUT2D eigenvalue weighted by atomic mass is 32.2. The summed E-state index contributed by atoms with van der Waals surface area (Å²) in [4.78, 5) is 0.290. The summed E-state index contributed by atoms with van der Waals surface area (Å²) in [5.41, 5.74) is 2.01. The van der Waals surface area contributed by atoms with Crippen molar-refractivity contribution in [3.63, 3.8) is 0 Å². The molecule has 0 unspecified atom stereocenters. The molecule has 0 aliphatic carbocycles. The number of hydrogen-bond acceptors (Lipinski definition) is 7. The van der Waals surface area contributed by atoms with E-state index in [0.717, 1.165) is 11.1 Å². The van der Waals surface area contributed by atoms with Gasteiger partial charge >= 0.3 is 0 Å². The summed E-state index contributed by atoms with van der Waals surface area (Å²) in [5, 5.41) is 11.5. The molecule has 4 aromatic rings. The molecule has 2 heterocycles. The third-order valence-corrected chi connectivity index (χ3v) is 8.75. The van der Waals surface area contributed by atoms with Crippen LogP contribution < -0.4 is 5.84 Å². The molecule has 0 amide bonds. The van der Waals surface area contributed by atoms with Crippen LogP contribution in [0, 0.1) is 0 Å². The predicted octanol–water partition coefficient (Wildman–Crippen LogP) is 3.05. The van der Waals surface area contributed by atoms with Crippen molar-refractivity contribution >= 4 is 32.6 Å². The zero-order valence-corrected chi connectivity index (χ0v) is 20.1. The van der Waals surface area contributed by atoms with Gasteiger partial charge in [0.2, 0.25) is 15.2 Å². The number of morpholine rings is 1. The molecule has 176 valence electrons. The van der Waals surface area contributed by atoms with E-state index < -0.39 is 10.0 Å². The second kappa shape index (κ2) is 9.75. The SMILES string of the molecule is Nn1c(Cc2cccc3ccccc23)nnc1SCc1cccc(S(=O)(=O)N2CCOCC2)c1. The number of hydrogen-bond donors (Lipinski definition) is 1. The van der Waals surface area contributed by atoms with Crippen LogP contribution in [-0.2, 0) is 26.9 Å². The summed E-state index contributed by atoms with van der Waals surface area (Å²) < 4.78 is 34.2. The van der Waals surface area contributed by atoms with Crippen LogP contribution in [0.4, 0.5) is 0 Å². The van der Waals surface area contributed by atoms with Crippen LogP contribution in [0.25, 0.3) is 10.8 Å². The fourth-order valence-corrected chi connectivity index (χ4v) is 6.32. The van der Waals surface area contributed by atoms with Crippen molar-refractivity contribution in [1.82, 2.24) is 19.2 Å². The quantitative estimate of drug-likeness (QED) is 0.310. The Morgan fingerprint density at radius 3 is 2.59 bits per heavy atom. The van der Waals surface area contributed by atoms with E-state index in [2.05, 4.69) is 34.5 Å². The molecular formula is C24H25N5O3S2. The van der Waals surface area contributed by atoms with Gasteiger partial charge in [0.1, 0.15) is 0 Å². The minimum Gasteiger partial charge on any atom is -0.379 e. The van der Waals surface area contributed by atoms with E-state index >= 15 is 0 Å². The molecule has 2 N–H and O–H groups in total. The molecule has 1 aliphatic rings. The van der Waals surface area contributed by atoms with E-state index in [4.69, 9.17) is 10.6 Å². The van der Waals surface area contributed by atoms with Crippen LogP contribution in [0.15, 0.2) is 76.8 Å². The van der Waals surface area contributed by atoms with Gasteiger partial charge in [-0.05, 0) is 34.0 Å². The molecule has 1 saturated heterocycles. The zero-order chi connectivity index (χ0) is 23.5. The summed E-state index contributed by atoms with van der Waals surface area (Å²) >= 11 is 1.43. The third kappa shape index (κ3) is 4.67. The van der Waals surface area contributed by atoms with Crippen LogP contribution in [0.5, 0.6) is 0 Å². The van der Waals surface area contributed by atoms with E-state index in [0.29, 0.717) is 54.4 Å².